The lowest BCUT2D eigenvalue weighted by atomic mass is 10.1. The number of hydrogen-bond donors (Lipinski definition) is 0. The normalized spacial score (nSPS) is 9.08. The van der Waals surface area contributed by atoms with Crippen molar-refractivity contribution in [1.29, 1.82) is 0 Å². The van der Waals surface area contributed by atoms with Gasteiger partial charge in [0.25, 0.3) is 0 Å². The van der Waals surface area contributed by atoms with Crippen molar-refractivity contribution in [2.24, 2.45) is 4.99 Å². The van der Waals surface area contributed by atoms with Gasteiger partial charge in [-0.15, -0.1) is 0 Å². The zero-order chi connectivity index (χ0) is 8.81. The predicted molar refractivity (Wildman–Crippen MR) is 43.1 cm³/mol. The minimum atomic E-state index is -0.461. The second-order valence-corrected chi connectivity index (χ2v) is 2.36. The van der Waals surface area contributed by atoms with Crippen LogP contribution in [0.4, 0.5) is 4.39 Å². The number of aliphatic imine (C=N–C) groups is 1. The molecule has 0 fully saturated rings. The number of isocyanates is 1. The molecule has 0 spiro atoms. The topological polar surface area (TPSA) is 29.4 Å². The van der Waals surface area contributed by atoms with Crippen molar-refractivity contribution < 1.29 is 9.18 Å². The molecule has 0 N–H and O–H groups in total. The van der Waals surface area contributed by atoms with E-state index in [0.29, 0.717) is 12.1 Å². The Morgan fingerprint density at radius 2 is 1.83 bits per heavy atom. The van der Waals surface area contributed by atoms with Crippen LogP contribution in [0.1, 0.15) is 11.1 Å². The van der Waals surface area contributed by atoms with Crippen molar-refractivity contribution in [2.45, 2.75) is 13.2 Å². The molecule has 0 unspecified atom stereocenters. The Morgan fingerprint density at radius 1 is 1.25 bits per heavy atom. The minimum absolute atomic E-state index is 0.316. The summed E-state index contributed by atoms with van der Waals surface area (Å²) in [5.74, 6) is 0. The van der Waals surface area contributed by atoms with E-state index in [-0.39, 0.29) is 0 Å². The van der Waals surface area contributed by atoms with Crippen LogP contribution in [0.3, 0.4) is 0 Å². The number of benzene rings is 1. The van der Waals surface area contributed by atoms with Gasteiger partial charge in [0.15, 0.2) is 0 Å². The molecule has 0 aliphatic heterocycles. The van der Waals surface area contributed by atoms with E-state index >= 15 is 0 Å². The van der Waals surface area contributed by atoms with Crippen molar-refractivity contribution in [3.8, 4) is 0 Å². The molecule has 2 nitrogen and oxygen atoms in total. The van der Waals surface area contributed by atoms with Crippen LogP contribution in [0.25, 0.3) is 0 Å². The van der Waals surface area contributed by atoms with Gasteiger partial charge >= 0.3 is 0 Å². The number of halogens is 1. The Bertz CT molecular complexity index is 288. The summed E-state index contributed by atoms with van der Waals surface area (Å²) < 4.78 is 12.0. The van der Waals surface area contributed by atoms with E-state index in [1.807, 2.05) is 0 Å². The average molecular weight is 165 g/mol. The summed E-state index contributed by atoms with van der Waals surface area (Å²) in [6.07, 6.45) is 1.45. The van der Waals surface area contributed by atoms with Gasteiger partial charge in [0.05, 0.1) is 6.54 Å². The van der Waals surface area contributed by atoms with Gasteiger partial charge in [-0.1, -0.05) is 24.3 Å². The second-order valence-electron chi connectivity index (χ2n) is 2.36. The summed E-state index contributed by atoms with van der Waals surface area (Å²) >= 11 is 0. The SMILES string of the molecule is O=C=NCc1ccc(CF)cc1. The molecule has 0 heterocycles. The standard InChI is InChI=1S/C9H8FNO/c10-5-8-1-3-9(4-2-8)6-11-7-12/h1-4H,5-6H2. The zero-order valence-corrected chi connectivity index (χ0v) is 6.46. The Balaban J connectivity index is 2.70. The highest BCUT2D eigenvalue weighted by atomic mass is 19.1. The van der Waals surface area contributed by atoms with Crippen LogP contribution < -0.4 is 0 Å². The predicted octanol–water partition coefficient (Wildman–Crippen LogP) is 1.99. The minimum Gasteiger partial charge on any atom is -0.246 e. The Hall–Kier alpha value is -1.47. The van der Waals surface area contributed by atoms with Gasteiger partial charge in [-0.3, -0.25) is 0 Å². The summed E-state index contributed by atoms with van der Waals surface area (Å²) in [6, 6.07) is 6.84. The third-order valence-electron chi connectivity index (χ3n) is 1.50. The summed E-state index contributed by atoms with van der Waals surface area (Å²) in [5, 5.41) is 0. The Morgan fingerprint density at radius 3 is 2.33 bits per heavy atom. The molecule has 62 valence electrons. The summed E-state index contributed by atoms with van der Waals surface area (Å²) in [6.45, 7) is -0.146. The highest BCUT2D eigenvalue weighted by Crippen LogP contribution is 2.06. The molecule has 0 bridgehead atoms. The lowest BCUT2D eigenvalue weighted by Gasteiger charge is -1.96. The van der Waals surface area contributed by atoms with Crippen molar-refractivity contribution in [3.63, 3.8) is 0 Å². The maximum atomic E-state index is 12.0. The molecule has 1 aromatic carbocycles. The van der Waals surface area contributed by atoms with E-state index in [9.17, 15) is 9.18 Å². The summed E-state index contributed by atoms with van der Waals surface area (Å²) in [4.78, 5) is 13.1. The van der Waals surface area contributed by atoms with Crippen LogP contribution in [0.5, 0.6) is 0 Å². The van der Waals surface area contributed by atoms with Gasteiger partial charge in [-0.25, -0.2) is 14.2 Å². The van der Waals surface area contributed by atoms with Crippen molar-refractivity contribution in [1.82, 2.24) is 0 Å². The molecule has 0 saturated heterocycles. The first-order chi connectivity index (χ1) is 5.86. The van der Waals surface area contributed by atoms with Crippen LogP contribution in [0.2, 0.25) is 0 Å². The second kappa shape index (κ2) is 4.42. The van der Waals surface area contributed by atoms with Gasteiger partial charge in [0.2, 0.25) is 6.08 Å². The number of alkyl halides is 1. The number of carbonyl (C=O) groups excluding carboxylic acids is 1. The quantitative estimate of drug-likeness (QED) is 0.497. The average Bonchev–Trinajstić information content (AvgIpc) is 2.15. The zero-order valence-electron chi connectivity index (χ0n) is 6.46. The third kappa shape index (κ3) is 2.29. The highest BCUT2D eigenvalue weighted by Gasteiger charge is 1.92. The number of hydrogen-bond acceptors (Lipinski definition) is 2. The van der Waals surface area contributed by atoms with Crippen molar-refractivity contribution >= 4 is 6.08 Å². The van der Waals surface area contributed by atoms with E-state index < -0.39 is 6.67 Å². The first-order valence-corrected chi connectivity index (χ1v) is 3.54. The van der Waals surface area contributed by atoms with Crippen molar-refractivity contribution in [3.05, 3.63) is 35.4 Å². The molecule has 0 amide bonds. The Labute approximate surface area is 69.7 Å². The largest absolute Gasteiger partial charge is 0.246 e. The summed E-state index contributed by atoms with van der Waals surface area (Å²) in [5.41, 5.74) is 1.52. The van der Waals surface area contributed by atoms with Gasteiger partial charge in [0.1, 0.15) is 6.67 Å². The molecule has 1 rings (SSSR count). The molecule has 3 heteroatoms. The molecule has 1 aromatic rings. The maximum absolute atomic E-state index is 12.0. The smallest absolute Gasteiger partial charge is 0.235 e. The molecule has 0 aromatic heterocycles. The lowest BCUT2D eigenvalue weighted by Crippen LogP contribution is -1.82. The van der Waals surface area contributed by atoms with Gasteiger partial charge < -0.3 is 0 Å². The van der Waals surface area contributed by atoms with Gasteiger partial charge in [-0.2, -0.15) is 0 Å². The molecule has 0 atom stereocenters. The molecule has 12 heavy (non-hydrogen) atoms. The fourth-order valence-electron chi connectivity index (χ4n) is 0.857. The fourth-order valence-corrected chi connectivity index (χ4v) is 0.857. The fraction of sp³-hybridized carbons (Fsp3) is 0.222. The monoisotopic (exact) mass is 165 g/mol. The van der Waals surface area contributed by atoms with Crippen LogP contribution >= 0.6 is 0 Å². The molecule has 0 aliphatic rings. The molecular formula is C9H8FNO. The van der Waals surface area contributed by atoms with Crippen molar-refractivity contribution in [2.75, 3.05) is 0 Å². The molecule has 0 saturated carbocycles. The molecule has 0 radical (unpaired) electrons. The lowest BCUT2D eigenvalue weighted by molar-refractivity contribution is 0.485. The van der Waals surface area contributed by atoms with Crippen LogP contribution in [-0.4, -0.2) is 6.08 Å². The maximum Gasteiger partial charge on any atom is 0.235 e. The van der Waals surface area contributed by atoms with E-state index in [2.05, 4.69) is 4.99 Å². The first-order valence-electron chi connectivity index (χ1n) is 3.54. The van der Waals surface area contributed by atoms with Crippen LogP contribution in [0.15, 0.2) is 29.3 Å². The number of rotatable bonds is 3. The van der Waals surface area contributed by atoms with E-state index in [0.717, 1.165) is 5.56 Å². The molecular weight excluding hydrogens is 157 g/mol. The first kappa shape index (κ1) is 8.62. The van der Waals surface area contributed by atoms with E-state index in [4.69, 9.17) is 0 Å². The highest BCUT2D eigenvalue weighted by molar-refractivity contribution is 5.34. The van der Waals surface area contributed by atoms with E-state index in [1.165, 1.54) is 6.08 Å². The van der Waals surface area contributed by atoms with Gasteiger partial charge in [-0.05, 0) is 11.1 Å². The summed E-state index contributed by atoms with van der Waals surface area (Å²) in [7, 11) is 0. The van der Waals surface area contributed by atoms with Crippen LogP contribution in [-0.2, 0) is 18.0 Å². The van der Waals surface area contributed by atoms with Crippen LogP contribution in [0, 0.1) is 0 Å². The Kier molecular flexibility index (Phi) is 3.17. The van der Waals surface area contributed by atoms with E-state index in [1.54, 1.807) is 24.3 Å². The third-order valence-corrected chi connectivity index (χ3v) is 1.50. The van der Waals surface area contributed by atoms with Gasteiger partial charge in [0, 0.05) is 0 Å². The molecule has 0 aliphatic carbocycles. The number of nitrogens with zero attached hydrogens (tertiary/aromatic N) is 1.